The molecule has 5 atom stereocenters. The van der Waals surface area contributed by atoms with Crippen molar-refractivity contribution in [3.8, 4) is 45.8 Å². The molecule has 2 heterocycles. The minimum Gasteiger partial charge on any atom is -0.504 e. The first-order valence-corrected chi connectivity index (χ1v) is 11.3. The van der Waals surface area contributed by atoms with Crippen LogP contribution in [-0.2, 0) is 4.74 Å². The lowest BCUT2D eigenvalue weighted by Gasteiger charge is -2.39. The normalized spacial score (nSPS) is 23.2. The molecule has 1 aromatic heterocycles. The molecule has 0 bridgehead atoms. The molecule has 1 saturated heterocycles. The van der Waals surface area contributed by atoms with E-state index in [0.29, 0.717) is 0 Å². The minimum absolute atomic E-state index is 0.0250. The zero-order valence-electron chi connectivity index (χ0n) is 20.9. The molecule has 0 aliphatic carbocycles. The molecule has 206 valence electrons. The Morgan fingerprint density at radius 3 is 2.13 bits per heavy atom. The maximum absolute atomic E-state index is 13.5. The summed E-state index contributed by atoms with van der Waals surface area (Å²) < 4.78 is 38.7. The monoisotopic (exact) mass is 536 g/mol. The van der Waals surface area contributed by atoms with Crippen molar-refractivity contribution in [2.75, 3.05) is 35.0 Å². The summed E-state index contributed by atoms with van der Waals surface area (Å²) in [6.45, 7) is -0.666. The molecule has 0 amide bonds. The first-order valence-electron chi connectivity index (χ1n) is 11.3. The fourth-order valence-corrected chi connectivity index (χ4v) is 4.26. The fourth-order valence-electron chi connectivity index (χ4n) is 4.26. The molecule has 1 fully saturated rings. The molecule has 13 heteroatoms. The van der Waals surface area contributed by atoms with Crippen molar-refractivity contribution in [3.63, 3.8) is 0 Å². The van der Waals surface area contributed by atoms with Gasteiger partial charge in [0.25, 0.3) is 0 Å². The first-order chi connectivity index (χ1) is 18.2. The summed E-state index contributed by atoms with van der Waals surface area (Å²) in [7, 11) is 5.38. The van der Waals surface area contributed by atoms with Gasteiger partial charge in [0.15, 0.2) is 28.3 Å². The summed E-state index contributed by atoms with van der Waals surface area (Å²) in [6, 6.07) is 5.28. The highest BCUT2D eigenvalue weighted by molar-refractivity contribution is 5.92. The van der Waals surface area contributed by atoms with Crippen molar-refractivity contribution >= 4 is 11.0 Å². The number of aromatic hydroxyl groups is 1. The number of aliphatic hydroxyl groups is 4. The SMILES string of the molecule is COc1cc(O[C@H]2O[C@H](CO)[C@H](O)[C@@H](O)[C@H]2O)c2c(=O)cc(-c3ccc(O)c(OC)c3OC)oc2c1OC. The second-order valence-corrected chi connectivity index (χ2v) is 8.30. The van der Waals surface area contributed by atoms with E-state index < -0.39 is 42.7 Å². The van der Waals surface area contributed by atoms with Crippen molar-refractivity contribution < 1.29 is 58.4 Å². The summed E-state index contributed by atoms with van der Waals surface area (Å²) >= 11 is 0. The summed E-state index contributed by atoms with van der Waals surface area (Å²) in [5.41, 5.74) is -0.415. The third kappa shape index (κ3) is 4.54. The zero-order valence-corrected chi connectivity index (χ0v) is 20.9. The van der Waals surface area contributed by atoms with E-state index in [-0.39, 0.29) is 56.8 Å². The smallest absolute Gasteiger partial charge is 0.229 e. The van der Waals surface area contributed by atoms with Gasteiger partial charge in [-0.15, -0.1) is 0 Å². The number of hydrogen-bond acceptors (Lipinski definition) is 13. The average Bonchev–Trinajstić information content (AvgIpc) is 2.92. The Morgan fingerprint density at radius 2 is 1.53 bits per heavy atom. The van der Waals surface area contributed by atoms with Crippen LogP contribution >= 0.6 is 0 Å². The van der Waals surface area contributed by atoms with Gasteiger partial charge in [0.2, 0.25) is 17.8 Å². The first kappa shape index (κ1) is 27.3. The highest BCUT2D eigenvalue weighted by atomic mass is 16.7. The van der Waals surface area contributed by atoms with E-state index in [4.69, 9.17) is 32.8 Å². The molecule has 2 aromatic carbocycles. The van der Waals surface area contributed by atoms with Crippen LogP contribution in [0.4, 0.5) is 0 Å². The minimum atomic E-state index is -1.73. The van der Waals surface area contributed by atoms with Crippen molar-refractivity contribution in [2.45, 2.75) is 30.7 Å². The lowest BCUT2D eigenvalue weighted by atomic mass is 9.99. The highest BCUT2D eigenvalue weighted by Crippen LogP contribution is 2.46. The number of hydrogen-bond donors (Lipinski definition) is 5. The summed E-state index contributed by atoms with van der Waals surface area (Å²) in [6.07, 6.45) is -7.83. The van der Waals surface area contributed by atoms with E-state index in [2.05, 4.69) is 0 Å². The van der Waals surface area contributed by atoms with E-state index >= 15 is 0 Å². The largest absolute Gasteiger partial charge is 0.504 e. The van der Waals surface area contributed by atoms with Gasteiger partial charge in [-0.3, -0.25) is 4.79 Å². The molecule has 0 saturated carbocycles. The van der Waals surface area contributed by atoms with Crippen molar-refractivity contribution in [2.24, 2.45) is 0 Å². The molecular weight excluding hydrogens is 508 g/mol. The Bertz CT molecular complexity index is 1370. The van der Waals surface area contributed by atoms with Gasteiger partial charge in [0.1, 0.15) is 41.3 Å². The number of fused-ring (bicyclic) bond motifs is 1. The third-order valence-corrected chi connectivity index (χ3v) is 6.17. The molecule has 1 aliphatic heterocycles. The number of aliphatic hydroxyl groups excluding tert-OH is 4. The Labute approximate surface area is 215 Å². The predicted molar refractivity (Wildman–Crippen MR) is 130 cm³/mol. The van der Waals surface area contributed by atoms with Gasteiger partial charge >= 0.3 is 0 Å². The summed E-state index contributed by atoms with van der Waals surface area (Å²) in [4.78, 5) is 13.5. The van der Waals surface area contributed by atoms with E-state index in [0.717, 1.165) is 6.07 Å². The van der Waals surface area contributed by atoms with Crippen LogP contribution in [0.2, 0.25) is 0 Å². The maximum Gasteiger partial charge on any atom is 0.229 e. The van der Waals surface area contributed by atoms with Gasteiger partial charge < -0.3 is 58.4 Å². The lowest BCUT2D eigenvalue weighted by Crippen LogP contribution is -2.60. The van der Waals surface area contributed by atoms with Crippen LogP contribution in [-0.4, -0.2) is 91.3 Å². The number of rotatable bonds is 8. The molecule has 0 radical (unpaired) electrons. The van der Waals surface area contributed by atoms with Gasteiger partial charge in [-0.25, -0.2) is 0 Å². The highest BCUT2D eigenvalue weighted by Gasteiger charge is 2.45. The Morgan fingerprint density at radius 1 is 0.842 bits per heavy atom. The molecule has 0 spiro atoms. The Kier molecular flexibility index (Phi) is 7.85. The van der Waals surface area contributed by atoms with Crippen LogP contribution in [0, 0.1) is 0 Å². The van der Waals surface area contributed by atoms with Gasteiger partial charge in [-0.05, 0) is 12.1 Å². The fraction of sp³-hybridized carbons (Fsp3) is 0.400. The van der Waals surface area contributed by atoms with Gasteiger partial charge in [0.05, 0.1) is 40.6 Å². The number of methoxy groups -OCH3 is 4. The molecule has 4 rings (SSSR count). The zero-order chi connectivity index (χ0) is 27.7. The number of benzene rings is 2. The maximum atomic E-state index is 13.5. The number of phenols is 1. The number of ether oxygens (including phenoxy) is 6. The molecule has 38 heavy (non-hydrogen) atoms. The van der Waals surface area contributed by atoms with E-state index in [1.807, 2.05) is 0 Å². The Balaban J connectivity index is 1.91. The van der Waals surface area contributed by atoms with Crippen LogP contribution in [0.15, 0.2) is 33.5 Å². The van der Waals surface area contributed by atoms with Crippen LogP contribution in [0.3, 0.4) is 0 Å². The standard InChI is InChI=1S/C25H28O13/c1-32-15-8-14(37-25-20(31)19(30)18(29)16(9-26)38-25)17-12(28)7-13(36-24(17)23(15)35-4)10-5-6-11(27)22(34-3)21(10)33-2/h5-8,16,18-20,25-27,29-31H,9H2,1-4H3/t16-,18+,19-,20-,25+/m1/s1. The molecule has 13 nitrogen and oxygen atoms in total. The van der Waals surface area contributed by atoms with Gasteiger partial charge in [-0.1, -0.05) is 0 Å². The predicted octanol–water partition coefficient (Wildman–Crippen LogP) is 0.379. The summed E-state index contributed by atoms with van der Waals surface area (Å²) in [5.74, 6) is -0.0414. The van der Waals surface area contributed by atoms with Gasteiger partial charge in [0, 0.05) is 12.1 Å². The van der Waals surface area contributed by atoms with Crippen LogP contribution < -0.4 is 29.1 Å². The molecule has 1 aliphatic rings. The topological polar surface area (TPSA) is 187 Å². The van der Waals surface area contributed by atoms with Crippen molar-refractivity contribution in [1.29, 1.82) is 0 Å². The quantitative estimate of drug-likeness (QED) is 0.266. The van der Waals surface area contributed by atoms with E-state index in [9.17, 15) is 30.3 Å². The summed E-state index contributed by atoms with van der Waals surface area (Å²) in [5, 5.41) is 50.1. The molecule has 5 N–H and O–H groups in total. The Hall–Kier alpha value is -3.75. The van der Waals surface area contributed by atoms with Gasteiger partial charge in [-0.2, -0.15) is 0 Å². The average molecular weight is 536 g/mol. The second kappa shape index (κ2) is 10.9. The van der Waals surface area contributed by atoms with Crippen LogP contribution in [0.25, 0.3) is 22.3 Å². The van der Waals surface area contributed by atoms with E-state index in [1.165, 1.54) is 46.6 Å². The van der Waals surface area contributed by atoms with Crippen molar-refractivity contribution in [1.82, 2.24) is 0 Å². The number of phenolic OH excluding ortho intramolecular Hbond substituents is 1. The van der Waals surface area contributed by atoms with Crippen LogP contribution in [0.1, 0.15) is 0 Å². The van der Waals surface area contributed by atoms with Crippen molar-refractivity contribution in [3.05, 3.63) is 34.5 Å². The molecule has 3 aromatic rings. The molecule has 0 unspecified atom stereocenters. The van der Waals surface area contributed by atoms with E-state index in [1.54, 1.807) is 0 Å². The lowest BCUT2D eigenvalue weighted by molar-refractivity contribution is -0.277. The van der Waals surface area contributed by atoms with Crippen LogP contribution in [0.5, 0.6) is 34.5 Å². The third-order valence-electron chi connectivity index (χ3n) is 6.17. The second-order valence-electron chi connectivity index (χ2n) is 8.30. The molecular formula is C25H28O13.